The number of benzene rings is 1. The number of aldehydes is 1. The minimum absolute atomic E-state index is 0.0132. The van der Waals surface area contributed by atoms with Crippen LogP contribution in [0, 0.1) is 11.6 Å². The second-order valence-electron chi connectivity index (χ2n) is 8.86. The molecule has 1 aromatic heterocycles. The number of carbonyl (C=O) groups is 2. The first-order valence-electron chi connectivity index (χ1n) is 9.77. The average Bonchev–Trinajstić information content (AvgIpc) is 3.00. The van der Waals surface area contributed by atoms with Crippen LogP contribution >= 0.6 is 11.6 Å². The molecule has 1 fully saturated rings. The first kappa shape index (κ1) is 22.9. The van der Waals surface area contributed by atoms with Gasteiger partial charge in [-0.05, 0) is 51.8 Å². The maximum atomic E-state index is 13.9. The summed E-state index contributed by atoms with van der Waals surface area (Å²) in [6.45, 7) is 7.99. The smallest absolute Gasteiger partial charge is 0.408 e. The molecule has 1 N–H and O–H groups in total. The summed E-state index contributed by atoms with van der Waals surface area (Å²) in [5, 5.41) is 2.89. The zero-order valence-electron chi connectivity index (χ0n) is 17.8. The van der Waals surface area contributed by atoms with Crippen LogP contribution in [-0.4, -0.2) is 41.6 Å². The van der Waals surface area contributed by atoms with E-state index in [1.807, 2.05) is 11.8 Å². The maximum absolute atomic E-state index is 13.9. The Morgan fingerprint density at radius 3 is 2.52 bits per heavy atom. The number of rotatable bonds is 4. The summed E-state index contributed by atoms with van der Waals surface area (Å²) in [4.78, 5) is 29.9. The van der Waals surface area contributed by atoms with Gasteiger partial charge in [-0.2, -0.15) is 0 Å². The van der Waals surface area contributed by atoms with Gasteiger partial charge in [0.05, 0.1) is 16.8 Å². The molecule has 1 amide bonds. The Balaban J connectivity index is 1.99. The van der Waals surface area contributed by atoms with Crippen molar-refractivity contribution in [1.82, 2.24) is 10.3 Å². The van der Waals surface area contributed by atoms with Crippen molar-refractivity contribution in [1.29, 1.82) is 0 Å². The molecule has 2 aromatic rings. The van der Waals surface area contributed by atoms with Crippen molar-refractivity contribution < 1.29 is 23.1 Å². The van der Waals surface area contributed by atoms with E-state index >= 15 is 0 Å². The first-order chi connectivity index (χ1) is 14.4. The summed E-state index contributed by atoms with van der Waals surface area (Å²) in [6.07, 6.45) is 1.95. The molecule has 1 aliphatic rings. The van der Waals surface area contributed by atoms with Gasteiger partial charge < -0.3 is 15.0 Å². The van der Waals surface area contributed by atoms with E-state index in [9.17, 15) is 18.4 Å². The van der Waals surface area contributed by atoms with Crippen LogP contribution in [0.5, 0.6) is 0 Å². The average molecular weight is 452 g/mol. The molecule has 0 unspecified atom stereocenters. The fourth-order valence-electron chi connectivity index (χ4n) is 3.68. The van der Waals surface area contributed by atoms with E-state index in [4.69, 9.17) is 16.3 Å². The zero-order valence-corrected chi connectivity index (χ0v) is 18.5. The van der Waals surface area contributed by atoms with Crippen LogP contribution < -0.4 is 10.2 Å². The molecule has 166 valence electrons. The molecule has 3 rings (SSSR count). The number of anilines is 1. The van der Waals surface area contributed by atoms with Crippen LogP contribution in [0.4, 0.5) is 19.3 Å². The molecule has 1 aromatic carbocycles. The number of ether oxygens (including phenoxy) is 1. The fraction of sp³-hybridized carbons (Fsp3) is 0.409. The van der Waals surface area contributed by atoms with Crippen molar-refractivity contribution >= 4 is 29.7 Å². The van der Waals surface area contributed by atoms with Crippen LogP contribution in [-0.2, 0) is 4.74 Å². The predicted octanol–water partition coefficient (Wildman–Crippen LogP) is 4.99. The predicted molar refractivity (Wildman–Crippen MR) is 115 cm³/mol. The number of halogens is 3. The standard InChI is InChI=1S/C22H24ClF2N3O3/c1-21(2,3)31-20(30)27-22(4)5-6-28(12-22)18-14(11-29)10-26-19(23)17(18)13-7-15(24)9-16(25)8-13/h7-11H,5-6,12H2,1-4H3,(H,27,30)/t22-/m0/s1. The Hall–Kier alpha value is -2.74. The number of hydrogen-bond donors (Lipinski definition) is 1. The number of aromatic nitrogens is 1. The third-order valence-electron chi connectivity index (χ3n) is 4.90. The molecule has 0 radical (unpaired) electrons. The van der Waals surface area contributed by atoms with Crippen LogP contribution in [0.25, 0.3) is 11.1 Å². The second kappa shape index (κ2) is 8.42. The van der Waals surface area contributed by atoms with Gasteiger partial charge in [-0.15, -0.1) is 0 Å². The number of hydrogen-bond acceptors (Lipinski definition) is 5. The van der Waals surface area contributed by atoms with Crippen molar-refractivity contribution in [2.45, 2.75) is 45.3 Å². The Bertz CT molecular complexity index is 1010. The number of pyridine rings is 1. The molecule has 0 aliphatic carbocycles. The van der Waals surface area contributed by atoms with E-state index in [0.29, 0.717) is 31.5 Å². The van der Waals surface area contributed by atoms with Crippen LogP contribution in [0.15, 0.2) is 24.4 Å². The number of nitrogens with one attached hydrogen (secondary N) is 1. The van der Waals surface area contributed by atoms with Gasteiger partial charge in [-0.3, -0.25) is 4.79 Å². The minimum atomic E-state index is -0.772. The Morgan fingerprint density at radius 1 is 1.29 bits per heavy atom. The van der Waals surface area contributed by atoms with Gasteiger partial charge >= 0.3 is 6.09 Å². The highest BCUT2D eigenvalue weighted by Gasteiger charge is 2.38. The van der Waals surface area contributed by atoms with Gasteiger partial charge in [0, 0.05) is 30.9 Å². The number of amides is 1. The van der Waals surface area contributed by atoms with E-state index in [2.05, 4.69) is 10.3 Å². The maximum Gasteiger partial charge on any atom is 0.408 e. The topological polar surface area (TPSA) is 71.5 Å². The molecule has 0 spiro atoms. The van der Waals surface area contributed by atoms with Crippen LogP contribution in [0.2, 0.25) is 5.15 Å². The lowest BCUT2D eigenvalue weighted by atomic mass is 10.0. The van der Waals surface area contributed by atoms with E-state index in [1.165, 1.54) is 6.20 Å². The summed E-state index contributed by atoms with van der Waals surface area (Å²) in [5.74, 6) is -1.54. The first-order valence-corrected chi connectivity index (χ1v) is 10.1. The molecular formula is C22H24ClF2N3O3. The van der Waals surface area contributed by atoms with Crippen LogP contribution in [0.1, 0.15) is 44.5 Å². The third kappa shape index (κ3) is 5.31. The third-order valence-corrected chi connectivity index (χ3v) is 5.19. The lowest BCUT2D eigenvalue weighted by Crippen LogP contribution is -2.49. The van der Waals surface area contributed by atoms with Crippen molar-refractivity contribution in [3.63, 3.8) is 0 Å². The Labute approximate surface area is 184 Å². The molecule has 31 heavy (non-hydrogen) atoms. The van der Waals surface area contributed by atoms with Crippen molar-refractivity contribution in [2.75, 3.05) is 18.0 Å². The van der Waals surface area contributed by atoms with Gasteiger partial charge in [0.1, 0.15) is 22.4 Å². The lowest BCUT2D eigenvalue weighted by molar-refractivity contribution is 0.0473. The van der Waals surface area contributed by atoms with Gasteiger partial charge in [-0.1, -0.05) is 11.6 Å². The van der Waals surface area contributed by atoms with Gasteiger partial charge in [-0.25, -0.2) is 18.6 Å². The van der Waals surface area contributed by atoms with Gasteiger partial charge in [0.2, 0.25) is 0 Å². The molecule has 0 saturated carbocycles. The normalized spacial score (nSPS) is 18.7. The van der Waals surface area contributed by atoms with E-state index < -0.39 is 28.9 Å². The van der Waals surface area contributed by atoms with Crippen LogP contribution in [0.3, 0.4) is 0 Å². The van der Waals surface area contributed by atoms with E-state index in [0.717, 1.165) is 18.2 Å². The summed E-state index contributed by atoms with van der Waals surface area (Å²) < 4.78 is 33.1. The molecule has 9 heteroatoms. The molecule has 2 heterocycles. The minimum Gasteiger partial charge on any atom is -0.444 e. The fourth-order valence-corrected chi connectivity index (χ4v) is 3.93. The molecule has 1 aliphatic heterocycles. The molecule has 0 bridgehead atoms. The Kier molecular flexibility index (Phi) is 6.23. The summed E-state index contributed by atoms with van der Waals surface area (Å²) in [6, 6.07) is 3.03. The lowest BCUT2D eigenvalue weighted by Gasteiger charge is -2.30. The Morgan fingerprint density at radius 2 is 1.94 bits per heavy atom. The highest BCUT2D eigenvalue weighted by atomic mass is 35.5. The SMILES string of the molecule is CC(C)(C)OC(=O)N[C@@]1(C)CCN(c2c(C=O)cnc(Cl)c2-c2cc(F)cc(F)c2)C1. The summed E-state index contributed by atoms with van der Waals surface area (Å²) in [5.41, 5.74) is -0.229. The molecule has 1 saturated heterocycles. The van der Waals surface area contributed by atoms with Gasteiger partial charge in [0.25, 0.3) is 0 Å². The highest BCUT2D eigenvalue weighted by Crippen LogP contribution is 2.41. The zero-order chi connectivity index (χ0) is 23.0. The highest BCUT2D eigenvalue weighted by molar-refractivity contribution is 6.33. The second-order valence-corrected chi connectivity index (χ2v) is 9.22. The van der Waals surface area contributed by atoms with E-state index in [-0.39, 0.29) is 21.8 Å². The number of nitrogens with zero attached hydrogens (tertiary/aromatic N) is 2. The van der Waals surface area contributed by atoms with Gasteiger partial charge in [0.15, 0.2) is 6.29 Å². The largest absolute Gasteiger partial charge is 0.444 e. The van der Waals surface area contributed by atoms with Crippen molar-refractivity contribution in [3.8, 4) is 11.1 Å². The molecule has 1 atom stereocenters. The summed E-state index contributed by atoms with van der Waals surface area (Å²) in [7, 11) is 0. The van der Waals surface area contributed by atoms with E-state index in [1.54, 1.807) is 20.8 Å². The van der Waals surface area contributed by atoms with Crippen molar-refractivity contribution in [3.05, 3.63) is 46.7 Å². The summed E-state index contributed by atoms with van der Waals surface area (Å²) >= 11 is 6.32. The molecule has 6 nitrogen and oxygen atoms in total. The quantitative estimate of drug-likeness (QED) is 0.524. The van der Waals surface area contributed by atoms with Crippen molar-refractivity contribution in [2.24, 2.45) is 0 Å². The molecular weight excluding hydrogens is 428 g/mol. The monoisotopic (exact) mass is 451 g/mol. The number of alkyl carbamates (subject to hydrolysis) is 1. The number of carbonyl (C=O) groups excluding carboxylic acids is 2.